The largest absolute Gasteiger partial charge is 0.270 e. The van der Waals surface area contributed by atoms with Gasteiger partial charge in [0.2, 0.25) is 5.28 Å². The van der Waals surface area contributed by atoms with E-state index in [1.54, 1.807) is 30.5 Å². The summed E-state index contributed by atoms with van der Waals surface area (Å²) in [4.78, 5) is 0. The molecule has 2 rings (SSSR count). The first kappa shape index (κ1) is 10.1. The van der Waals surface area contributed by atoms with Crippen molar-refractivity contribution in [3.8, 4) is 5.69 Å². The molecule has 1 aromatic heterocycles. The lowest BCUT2D eigenvalue weighted by atomic mass is 10.2. The molecule has 0 saturated carbocycles. The maximum Gasteiger partial charge on any atom is 0.229 e. The Bertz CT molecular complexity index is 488. The zero-order chi connectivity index (χ0) is 11.0. The van der Waals surface area contributed by atoms with Gasteiger partial charge < -0.3 is 0 Å². The minimum Gasteiger partial charge on any atom is -0.270 e. The second-order valence-corrected chi connectivity index (χ2v) is 3.57. The molecule has 2 aromatic rings. The van der Waals surface area contributed by atoms with Gasteiger partial charge in [-0.15, -0.1) is 10.2 Å². The standard InChI is InChI=1S/C10H9ClFN3/c1-6-8(12)4-3-5-9(6)15-7(2)13-14-10(15)11/h3-5H,1-2H3. The van der Waals surface area contributed by atoms with Crippen molar-refractivity contribution in [2.75, 3.05) is 0 Å². The predicted octanol–water partition coefficient (Wildman–Crippen LogP) is 2.68. The smallest absolute Gasteiger partial charge is 0.229 e. The summed E-state index contributed by atoms with van der Waals surface area (Å²) >= 11 is 5.87. The summed E-state index contributed by atoms with van der Waals surface area (Å²) in [6.07, 6.45) is 0. The third kappa shape index (κ3) is 1.61. The molecule has 5 heteroatoms. The van der Waals surface area contributed by atoms with Crippen LogP contribution in [0.4, 0.5) is 4.39 Å². The lowest BCUT2D eigenvalue weighted by Gasteiger charge is -2.09. The molecule has 0 unspecified atom stereocenters. The van der Waals surface area contributed by atoms with E-state index in [-0.39, 0.29) is 11.1 Å². The Balaban J connectivity index is 2.69. The van der Waals surface area contributed by atoms with E-state index in [0.717, 1.165) is 0 Å². The molecule has 0 radical (unpaired) electrons. The minimum absolute atomic E-state index is 0.237. The van der Waals surface area contributed by atoms with Crippen LogP contribution in [-0.2, 0) is 0 Å². The fourth-order valence-electron chi connectivity index (χ4n) is 1.45. The molecule has 1 aromatic carbocycles. The lowest BCUT2D eigenvalue weighted by molar-refractivity contribution is 0.616. The molecule has 0 amide bonds. The molecule has 0 aliphatic rings. The minimum atomic E-state index is -0.267. The van der Waals surface area contributed by atoms with Gasteiger partial charge in [0.05, 0.1) is 5.69 Å². The van der Waals surface area contributed by atoms with Gasteiger partial charge in [0, 0.05) is 5.56 Å². The van der Waals surface area contributed by atoms with Gasteiger partial charge in [0.25, 0.3) is 0 Å². The van der Waals surface area contributed by atoms with Crippen LogP contribution in [0.15, 0.2) is 18.2 Å². The fraction of sp³-hybridized carbons (Fsp3) is 0.200. The van der Waals surface area contributed by atoms with Gasteiger partial charge in [0.1, 0.15) is 11.6 Å². The highest BCUT2D eigenvalue weighted by Gasteiger charge is 2.12. The molecule has 0 saturated heterocycles. The van der Waals surface area contributed by atoms with Gasteiger partial charge in [-0.05, 0) is 37.6 Å². The summed E-state index contributed by atoms with van der Waals surface area (Å²) in [5.41, 5.74) is 1.20. The molecule has 0 spiro atoms. The van der Waals surface area contributed by atoms with Gasteiger partial charge in [0.15, 0.2) is 0 Å². The number of rotatable bonds is 1. The summed E-state index contributed by atoms with van der Waals surface area (Å²) in [6.45, 7) is 3.46. The second kappa shape index (κ2) is 3.62. The topological polar surface area (TPSA) is 30.7 Å². The third-order valence-electron chi connectivity index (χ3n) is 2.27. The van der Waals surface area contributed by atoms with E-state index in [4.69, 9.17) is 11.6 Å². The highest BCUT2D eigenvalue weighted by molar-refractivity contribution is 6.28. The van der Waals surface area contributed by atoms with Crippen LogP contribution < -0.4 is 0 Å². The van der Waals surface area contributed by atoms with Crippen molar-refractivity contribution in [3.05, 3.63) is 40.7 Å². The summed E-state index contributed by atoms with van der Waals surface area (Å²) in [5.74, 6) is 0.366. The number of halogens is 2. The van der Waals surface area contributed by atoms with Crippen molar-refractivity contribution in [2.24, 2.45) is 0 Å². The first-order valence-electron chi connectivity index (χ1n) is 4.44. The van der Waals surface area contributed by atoms with E-state index in [0.29, 0.717) is 17.1 Å². The Kier molecular flexibility index (Phi) is 2.44. The molecule has 0 atom stereocenters. The van der Waals surface area contributed by atoms with Crippen molar-refractivity contribution < 1.29 is 4.39 Å². The zero-order valence-corrected chi connectivity index (χ0v) is 9.09. The van der Waals surface area contributed by atoms with E-state index < -0.39 is 0 Å². The van der Waals surface area contributed by atoms with Crippen LogP contribution in [-0.4, -0.2) is 14.8 Å². The molecule has 0 bridgehead atoms. The Hall–Kier alpha value is -1.42. The van der Waals surface area contributed by atoms with Crippen LogP contribution in [0.1, 0.15) is 11.4 Å². The molecular formula is C10H9ClFN3. The second-order valence-electron chi connectivity index (χ2n) is 3.24. The quantitative estimate of drug-likeness (QED) is 0.747. The third-order valence-corrected chi connectivity index (χ3v) is 2.51. The van der Waals surface area contributed by atoms with Crippen LogP contribution in [0.5, 0.6) is 0 Å². The number of aromatic nitrogens is 3. The normalized spacial score (nSPS) is 10.7. The Morgan fingerprint density at radius 2 is 2.00 bits per heavy atom. The van der Waals surface area contributed by atoms with E-state index in [9.17, 15) is 4.39 Å². The number of hydrogen-bond acceptors (Lipinski definition) is 2. The Morgan fingerprint density at radius 3 is 2.60 bits per heavy atom. The molecule has 0 fully saturated rings. The Morgan fingerprint density at radius 1 is 1.27 bits per heavy atom. The van der Waals surface area contributed by atoms with Crippen LogP contribution in [0.3, 0.4) is 0 Å². The fourth-order valence-corrected chi connectivity index (χ4v) is 1.70. The molecule has 1 heterocycles. The molecule has 78 valence electrons. The lowest BCUT2D eigenvalue weighted by Crippen LogP contribution is -2.01. The summed E-state index contributed by atoms with van der Waals surface area (Å²) in [5, 5.41) is 7.78. The van der Waals surface area contributed by atoms with Crippen LogP contribution in [0.25, 0.3) is 5.69 Å². The van der Waals surface area contributed by atoms with Crippen molar-refractivity contribution in [1.82, 2.24) is 14.8 Å². The van der Waals surface area contributed by atoms with Crippen molar-refractivity contribution in [3.63, 3.8) is 0 Å². The number of hydrogen-bond donors (Lipinski definition) is 0. The van der Waals surface area contributed by atoms with Gasteiger partial charge in [-0.2, -0.15) is 0 Å². The van der Waals surface area contributed by atoms with E-state index >= 15 is 0 Å². The SMILES string of the molecule is Cc1c(F)cccc1-n1c(C)nnc1Cl. The van der Waals surface area contributed by atoms with Crippen molar-refractivity contribution in [2.45, 2.75) is 13.8 Å². The molecular weight excluding hydrogens is 217 g/mol. The summed E-state index contributed by atoms with van der Waals surface area (Å²) in [6, 6.07) is 4.82. The van der Waals surface area contributed by atoms with Crippen LogP contribution in [0, 0.1) is 19.7 Å². The van der Waals surface area contributed by atoms with E-state index in [1.807, 2.05) is 0 Å². The highest BCUT2D eigenvalue weighted by atomic mass is 35.5. The number of benzene rings is 1. The predicted molar refractivity (Wildman–Crippen MR) is 55.8 cm³/mol. The van der Waals surface area contributed by atoms with Gasteiger partial charge >= 0.3 is 0 Å². The van der Waals surface area contributed by atoms with Crippen LogP contribution in [0.2, 0.25) is 5.28 Å². The van der Waals surface area contributed by atoms with Gasteiger partial charge in [-0.3, -0.25) is 4.57 Å². The van der Waals surface area contributed by atoms with Gasteiger partial charge in [-0.25, -0.2) is 4.39 Å². The molecule has 0 aliphatic carbocycles. The van der Waals surface area contributed by atoms with Gasteiger partial charge in [-0.1, -0.05) is 6.07 Å². The number of aryl methyl sites for hydroxylation is 1. The maximum atomic E-state index is 13.3. The van der Waals surface area contributed by atoms with E-state index in [2.05, 4.69) is 10.2 Å². The maximum absolute atomic E-state index is 13.3. The monoisotopic (exact) mass is 225 g/mol. The first-order valence-corrected chi connectivity index (χ1v) is 4.82. The van der Waals surface area contributed by atoms with Crippen molar-refractivity contribution in [1.29, 1.82) is 0 Å². The molecule has 0 N–H and O–H groups in total. The molecule has 0 aliphatic heterocycles. The Labute approximate surface area is 91.5 Å². The zero-order valence-electron chi connectivity index (χ0n) is 8.33. The van der Waals surface area contributed by atoms with Crippen LogP contribution >= 0.6 is 11.6 Å². The highest BCUT2D eigenvalue weighted by Crippen LogP contribution is 2.21. The van der Waals surface area contributed by atoms with Crippen molar-refractivity contribution >= 4 is 11.6 Å². The number of nitrogens with zero attached hydrogens (tertiary/aromatic N) is 3. The van der Waals surface area contributed by atoms with E-state index in [1.165, 1.54) is 6.07 Å². The average molecular weight is 226 g/mol. The average Bonchev–Trinajstić information content (AvgIpc) is 2.52. The first-order chi connectivity index (χ1) is 7.11. The molecule has 15 heavy (non-hydrogen) atoms. The summed E-state index contributed by atoms with van der Waals surface area (Å²) in [7, 11) is 0. The molecule has 3 nitrogen and oxygen atoms in total. The summed E-state index contributed by atoms with van der Waals surface area (Å²) < 4.78 is 14.9.